The van der Waals surface area contributed by atoms with Gasteiger partial charge in [0, 0.05) is 12.8 Å². The predicted molar refractivity (Wildman–Crippen MR) is 102 cm³/mol. The van der Waals surface area contributed by atoms with E-state index in [4.69, 9.17) is 0 Å². The second-order valence-electron chi connectivity index (χ2n) is 6.41. The molecule has 0 saturated carbocycles. The number of rotatable bonds is 5. The quantitative estimate of drug-likeness (QED) is 0.531. The number of benzene rings is 1. The summed E-state index contributed by atoms with van der Waals surface area (Å²) in [6.07, 6.45) is 0.680. The van der Waals surface area contributed by atoms with Gasteiger partial charge in [-0.1, -0.05) is 44.2 Å². The Bertz CT molecular complexity index is 990. The average Bonchev–Trinajstić information content (AvgIpc) is 3.00. The lowest BCUT2D eigenvalue weighted by Gasteiger charge is -2.12. The van der Waals surface area contributed by atoms with Crippen LogP contribution in [0.1, 0.15) is 42.6 Å². The highest BCUT2D eigenvalue weighted by Crippen LogP contribution is 2.25. The van der Waals surface area contributed by atoms with Crippen molar-refractivity contribution in [3.8, 4) is 0 Å². The maximum absolute atomic E-state index is 12.6. The van der Waals surface area contributed by atoms with E-state index < -0.39 is 11.5 Å². The summed E-state index contributed by atoms with van der Waals surface area (Å²) in [7, 11) is 0. The van der Waals surface area contributed by atoms with Crippen molar-refractivity contribution in [1.82, 2.24) is 9.97 Å². The van der Waals surface area contributed by atoms with Crippen LogP contribution in [0, 0.1) is 11.1 Å². The molecular weight excluding hydrogens is 352 g/mol. The van der Waals surface area contributed by atoms with Gasteiger partial charge in [0.15, 0.2) is 10.8 Å². The summed E-state index contributed by atoms with van der Waals surface area (Å²) in [5.41, 5.74) is 0.620. The number of carbonyl (C=O) groups is 1. The fraction of sp³-hybridized carbons (Fsp3) is 0.333. The number of nitrogens with zero attached hydrogens (tertiary/aromatic N) is 2. The largest absolute Gasteiger partial charge is 0.618 e. The van der Waals surface area contributed by atoms with Gasteiger partial charge in [-0.2, -0.15) is 4.73 Å². The van der Waals surface area contributed by atoms with Crippen molar-refractivity contribution in [1.29, 1.82) is 0 Å². The first-order valence-corrected chi connectivity index (χ1v) is 9.26. The van der Waals surface area contributed by atoms with E-state index in [0.29, 0.717) is 22.7 Å². The van der Waals surface area contributed by atoms with Crippen LogP contribution in [0.2, 0.25) is 0 Å². The molecule has 136 valence electrons. The lowest BCUT2D eigenvalue weighted by molar-refractivity contribution is -0.624. The van der Waals surface area contributed by atoms with Gasteiger partial charge in [-0.3, -0.25) is 14.9 Å². The molecule has 0 spiro atoms. The monoisotopic (exact) mass is 372 g/mol. The minimum absolute atomic E-state index is 0.0146. The van der Waals surface area contributed by atoms with E-state index in [1.165, 1.54) is 11.3 Å². The Balaban J connectivity index is 1.97. The van der Waals surface area contributed by atoms with Gasteiger partial charge in [0.05, 0.1) is 10.2 Å². The number of H-pyrrole nitrogens is 1. The molecule has 0 saturated heterocycles. The molecule has 0 atom stereocenters. The Kier molecular flexibility index (Phi) is 5.03. The van der Waals surface area contributed by atoms with E-state index in [-0.39, 0.29) is 23.0 Å². The van der Waals surface area contributed by atoms with Crippen molar-refractivity contribution in [2.75, 3.05) is 5.32 Å². The normalized spacial score (nSPS) is 11.2. The summed E-state index contributed by atoms with van der Waals surface area (Å²) >= 11 is 1.33. The zero-order valence-electron chi connectivity index (χ0n) is 14.8. The fourth-order valence-electron chi connectivity index (χ4n) is 2.77. The van der Waals surface area contributed by atoms with Gasteiger partial charge in [0.1, 0.15) is 0 Å². The standard InChI is InChI=1S/C18H20N4O3S/c1-4-12-15(20-16(23)13(22(12)25)9-10(2)3)17(24)21-18-19-11-7-5-6-8-14(11)26-18/h5-8,10H,4,9H2,1-3H3,(H,20,23)(H,19,21,24). The number of hydrogen-bond donors (Lipinski definition) is 2. The van der Waals surface area contributed by atoms with Gasteiger partial charge in [-0.15, -0.1) is 0 Å². The topological polar surface area (TPSA) is 102 Å². The van der Waals surface area contributed by atoms with Crippen molar-refractivity contribution in [2.45, 2.75) is 33.6 Å². The Labute approximate surface area is 154 Å². The molecule has 3 rings (SSSR count). The molecule has 0 unspecified atom stereocenters. The highest BCUT2D eigenvalue weighted by atomic mass is 32.1. The molecule has 0 aliphatic heterocycles. The first-order chi connectivity index (χ1) is 12.4. The van der Waals surface area contributed by atoms with E-state index in [9.17, 15) is 14.8 Å². The third-order valence-electron chi connectivity index (χ3n) is 3.96. The van der Waals surface area contributed by atoms with Crippen LogP contribution in [0.4, 0.5) is 5.13 Å². The number of nitrogens with one attached hydrogen (secondary N) is 2. The number of fused-ring (bicyclic) bond motifs is 1. The number of amides is 1. The lowest BCUT2D eigenvalue weighted by Crippen LogP contribution is -2.46. The number of aromatic amines is 1. The number of hydrogen-bond acceptors (Lipinski definition) is 5. The van der Waals surface area contributed by atoms with Crippen molar-refractivity contribution in [3.05, 3.63) is 56.9 Å². The zero-order valence-corrected chi connectivity index (χ0v) is 15.6. The third kappa shape index (κ3) is 3.45. The van der Waals surface area contributed by atoms with Crippen molar-refractivity contribution >= 4 is 32.6 Å². The molecule has 0 bridgehead atoms. The Morgan fingerprint density at radius 1 is 1.35 bits per heavy atom. The van der Waals surface area contributed by atoms with Gasteiger partial charge in [0.2, 0.25) is 5.69 Å². The first-order valence-electron chi connectivity index (χ1n) is 8.45. The molecule has 1 aromatic carbocycles. The van der Waals surface area contributed by atoms with E-state index in [2.05, 4.69) is 15.3 Å². The van der Waals surface area contributed by atoms with Crippen molar-refractivity contribution < 1.29 is 9.52 Å². The van der Waals surface area contributed by atoms with Crippen LogP contribution in [0.3, 0.4) is 0 Å². The van der Waals surface area contributed by atoms with Gasteiger partial charge >= 0.3 is 5.56 Å². The molecule has 3 aromatic rings. The molecule has 26 heavy (non-hydrogen) atoms. The predicted octanol–water partition coefficient (Wildman–Crippen LogP) is 2.63. The summed E-state index contributed by atoms with van der Waals surface area (Å²) < 4.78 is 1.55. The summed E-state index contributed by atoms with van der Waals surface area (Å²) in [6, 6.07) is 7.53. The number of para-hydroxylation sites is 1. The number of carbonyl (C=O) groups excluding carboxylic acids is 1. The molecule has 7 nitrogen and oxygen atoms in total. The van der Waals surface area contributed by atoms with Crippen LogP contribution in [0.25, 0.3) is 10.2 Å². The summed E-state index contributed by atoms with van der Waals surface area (Å²) in [4.78, 5) is 31.9. The van der Waals surface area contributed by atoms with E-state index >= 15 is 0 Å². The van der Waals surface area contributed by atoms with Crippen LogP contribution in [0.15, 0.2) is 29.1 Å². The fourth-order valence-corrected chi connectivity index (χ4v) is 3.63. The molecule has 8 heteroatoms. The van der Waals surface area contributed by atoms with E-state index in [0.717, 1.165) is 10.2 Å². The maximum Gasteiger partial charge on any atom is 0.317 e. The first kappa shape index (κ1) is 18.1. The minimum Gasteiger partial charge on any atom is -0.618 e. The molecule has 2 N–H and O–H groups in total. The summed E-state index contributed by atoms with van der Waals surface area (Å²) in [6.45, 7) is 5.63. The van der Waals surface area contributed by atoms with Gasteiger partial charge in [-0.25, -0.2) is 4.98 Å². The SMILES string of the molecule is CCc1c(C(=O)Nc2nc3ccccc3s2)[nH]c(=O)c(CC(C)C)[n+]1[O-]. The Morgan fingerprint density at radius 2 is 2.08 bits per heavy atom. The summed E-state index contributed by atoms with van der Waals surface area (Å²) in [5, 5.41) is 15.7. The molecular formula is C18H20N4O3S. The average molecular weight is 372 g/mol. The highest BCUT2D eigenvalue weighted by molar-refractivity contribution is 7.22. The molecule has 0 aliphatic rings. The number of aromatic nitrogens is 3. The highest BCUT2D eigenvalue weighted by Gasteiger charge is 2.25. The molecule has 2 aromatic heterocycles. The molecule has 0 fully saturated rings. The van der Waals surface area contributed by atoms with Crippen LogP contribution >= 0.6 is 11.3 Å². The van der Waals surface area contributed by atoms with E-state index in [1.54, 1.807) is 6.92 Å². The van der Waals surface area contributed by atoms with Crippen molar-refractivity contribution in [3.63, 3.8) is 0 Å². The maximum atomic E-state index is 12.6. The summed E-state index contributed by atoms with van der Waals surface area (Å²) in [5.74, 6) is -0.387. The molecule has 0 radical (unpaired) electrons. The van der Waals surface area contributed by atoms with Gasteiger partial charge < -0.3 is 10.2 Å². The third-order valence-corrected chi connectivity index (χ3v) is 4.91. The minimum atomic E-state index is -0.543. The zero-order chi connectivity index (χ0) is 18.8. The second-order valence-corrected chi connectivity index (χ2v) is 7.44. The van der Waals surface area contributed by atoms with Gasteiger partial charge in [0.25, 0.3) is 11.6 Å². The lowest BCUT2D eigenvalue weighted by atomic mass is 10.1. The Hall–Kier alpha value is -2.74. The molecule has 0 aliphatic carbocycles. The van der Waals surface area contributed by atoms with Crippen LogP contribution in [0.5, 0.6) is 0 Å². The van der Waals surface area contributed by atoms with Crippen LogP contribution in [-0.4, -0.2) is 15.9 Å². The number of anilines is 1. The number of thiazole rings is 1. The van der Waals surface area contributed by atoms with Crippen LogP contribution in [-0.2, 0) is 12.8 Å². The second kappa shape index (κ2) is 7.25. The molecule has 1 amide bonds. The smallest absolute Gasteiger partial charge is 0.317 e. The van der Waals surface area contributed by atoms with Gasteiger partial charge in [-0.05, 0) is 18.1 Å². The molecule has 2 heterocycles. The Morgan fingerprint density at radius 3 is 2.73 bits per heavy atom. The van der Waals surface area contributed by atoms with Crippen LogP contribution < -0.4 is 15.6 Å². The van der Waals surface area contributed by atoms with E-state index in [1.807, 2.05) is 38.1 Å². The van der Waals surface area contributed by atoms with Crippen molar-refractivity contribution in [2.24, 2.45) is 5.92 Å².